The van der Waals surface area contributed by atoms with E-state index in [-0.39, 0.29) is 23.9 Å². The molecule has 1 N–H and O–H groups in total. The maximum atomic E-state index is 12.6. The Morgan fingerprint density at radius 1 is 1.03 bits per heavy atom. The summed E-state index contributed by atoms with van der Waals surface area (Å²) >= 11 is 0. The van der Waals surface area contributed by atoms with Crippen molar-refractivity contribution in [3.05, 3.63) is 100 Å². The number of carbonyl (C=O) groups excluding carboxylic acids is 1. The Kier molecular flexibility index (Phi) is 5.75. The SMILES string of the molecule is Cc1nn(CC(=O)NCC[C@@H](c2ccccc2)c2ccco2)c(=O)c2ccccc12. The van der Waals surface area contributed by atoms with E-state index >= 15 is 0 Å². The van der Waals surface area contributed by atoms with Crippen LogP contribution in [0.4, 0.5) is 0 Å². The fourth-order valence-electron chi connectivity index (χ4n) is 3.71. The first-order valence-electron chi connectivity index (χ1n) is 9.95. The number of nitrogens with one attached hydrogen (secondary N) is 1. The van der Waals surface area contributed by atoms with E-state index in [0.29, 0.717) is 18.4 Å². The Morgan fingerprint density at radius 2 is 1.77 bits per heavy atom. The van der Waals surface area contributed by atoms with Crippen molar-refractivity contribution in [3.63, 3.8) is 0 Å². The van der Waals surface area contributed by atoms with E-state index < -0.39 is 0 Å². The Bertz CT molecular complexity index is 1200. The number of hydrogen-bond donors (Lipinski definition) is 1. The van der Waals surface area contributed by atoms with Gasteiger partial charge in [0, 0.05) is 17.8 Å². The first kappa shape index (κ1) is 19.6. The van der Waals surface area contributed by atoms with Crippen LogP contribution in [0.3, 0.4) is 0 Å². The van der Waals surface area contributed by atoms with Gasteiger partial charge in [0.15, 0.2) is 0 Å². The highest BCUT2D eigenvalue weighted by Crippen LogP contribution is 2.27. The summed E-state index contributed by atoms with van der Waals surface area (Å²) in [5, 5.41) is 8.59. The molecule has 0 bridgehead atoms. The molecule has 1 amide bonds. The molecule has 0 fully saturated rings. The summed E-state index contributed by atoms with van der Waals surface area (Å²) in [6.07, 6.45) is 2.34. The number of aryl methyl sites for hydroxylation is 1. The lowest BCUT2D eigenvalue weighted by molar-refractivity contribution is -0.121. The van der Waals surface area contributed by atoms with E-state index in [2.05, 4.69) is 22.5 Å². The maximum absolute atomic E-state index is 12.6. The van der Waals surface area contributed by atoms with Crippen LogP contribution >= 0.6 is 0 Å². The van der Waals surface area contributed by atoms with Gasteiger partial charge in [0.1, 0.15) is 12.3 Å². The number of aromatic nitrogens is 2. The van der Waals surface area contributed by atoms with Crippen molar-refractivity contribution >= 4 is 16.7 Å². The highest BCUT2D eigenvalue weighted by molar-refractivity contribution is 5.83. The number of rotatable bonds is 7. The van der Waals surface area contributed by atoms with Crippen molar-refractivity contribution in [1.82, 2.24) is 15.1 Å². The molecule has 4 rings (SSSR count). The molecule has 1 atom stereocenters. The van der Waals surface area contributed by atoms with E-state index in [1.165, 1.54) is 4.68 Å². The molecule has 0 radical (unpaired) electrons. The van der Waals surface area contributed by atoms with E-state index in [0.717, 1.165) is 22.4 Å². The quantitative estimate of drug-likeness (QED) is 0.513. The lowest BCUT2D eigenvalue weighted by Crippen LogP contribution is -2.35. The molecule has 0 aliphatic heterocycles. The zero-order valence-corrected chi connectivity index (χ0v) is 16.7. The number of amides is 1. The molecular weight excluding hydrogens is 378 g/mol. The van der Waals surface area contributed by atoms with Gasteiger partial charge in [0.2, 0.25) is 5.91 Å². The summed E-state index contributed by atoms with van der Waals surface area (Å²) < 4.78 is 6.84. The molecule has 0 spiro atoms. The van der Waals surface area contributed by atoms with Gasteiger partial charge in [-0.15, -0.1) is 0 Å². The number of carbonyl (C=O) groups is 1. The predicted molar refractivity (Wildman–Crippen MR) is 115 cm³/mol. The number of fused-ring (bicyclic) bond motifs is 1. The minimum atomic E-state index is -0.260. The van der Waals surface area contributed by atoms with Crippen LogP contribution in [-0.4, -0.2) is 22.2 Å². The minimum Gasteiger partial charge on any atom is -0.469 e. The van der Waals surface area contributed by atoms with Gasteiger partial charge in [-0.3, -0.25) is 9.59 Å². The van der Waals surface area contributed by atoms with Crippen molar-refractivity contribution in [1.29, 1.82) is 0 Å². The van der Waals surface area contributed by atoms with Crippen LogP contribution in [0.25, 0.3) is 10.8 Å². The number of furan rings is 1. The molecule has 2 heterocycles. The molecule has 30 heavy (non-hydrogen) atoms. The van der Waals surface area contributed by atoms with Gasteiger partial charge in [-0.05, 0) is 37.1 Å². The zero-order valence-electron chi connectivity index (χ0n) is 16.7. The summed E-state index contributed by atoms with van der Waals surface area (Å²) in [4.78, 5) is 25.1. The van der Waals surface area contributed by atoms with Gasteiger partial charge in [-0.2, -0.15) is 5.10 Å². The van der Waals surface area contributed by atoms with Crippen LogP contribution in [-0.2, 0) is 11.3 Å². The van der Waals surface area contributed by atoms with Crippen LogP contribution in [0.5, 0.6) is 0 Å². The second-order valence-electron chi connectivity index (χ2n) is 7.21. The zero-order chi connectivity index (χ0) is 20.9. The maximum Gasteiger partial charge on any atom is 0.275 e. The fraction of sp³-hybridized carbons (Fsp3) is 0.208. The molecular formula is C24H23N3O3. The van der Waals surface area contributed by atoms with Crippen molar-refractivity contribution in [2.75, 3.05) is 6.54 Å². The summed E-state index contributed by atoms with van der Waals surface area (Å²) in [6, 6.07) is 21.2. The van der Waals surface area contributed by atoms with Crippen molar-refractivity contribution in [2.24, 2.45) is 0 Å². The van der Waals surface area contributed by atoms with Crippen molar-refractivity contribution in [3.8, 4) is 0 Å². The molecule has 0 aliphatic carbocycles. The third kappa shape index (κ3) is 4.17. The standard InChI is InChI=1S/C24H23N3O3/c1-17-19-10-5-6-11-21(19)24(29)27(26-17)16-23(28)25-14-13-20(22-12-7-15-30-22)18-8-3-2-4-9-18/h2-12,15,20H,13-14,16H2,1H3,(H,25,28)/t20-/m0/s1. The Labute approximate surface area is 174 Å². The molecule has 0 saturated carbocycles. The molecule has 4 aromatic rings. The Balaban J connectivity index is 1.43. The van der Waals surface area contributed by atoms with E-state index in [4.69, 9.17) is 4.42 Å². The van der Waals surface area contributed by atoms with Gasteiger partial charge >= 0.3 is 0 Å². The Morgan fingerprint density at radius 3 is 2.50 bits per heavy atom. The molecule has 0 saturated heterocycles. The van der Waals surface area contributed by atoms with Gasteiger partial charge in [0.05, 0.1) is 17.3 Å². The summed E-state index contributed by atoms with van der Waals surface area (Å²) in [5.41, 5.74) is 1.59. The van der Waals surface area contributed by atoms with Crippen molar-refractivity contribution < 1.29 is 9.21 Å². The second kappa shape index (κ2) is 8.78. The largest absolute Gasteiger partial charge is 0.469 e. The minimum absolute atomic E-state index is 0.0465. The smallest absolute Gasteiger partial charge is 0.275 e. The molecule has 2 aromatic heterocycles. The highest BCUT2D eigenvalue weighted by Gasteiger charge is 2.17. The summed E-state index contributed by atoms with van der Waals surface area (Å²) in [7, 11) is 0. The monoisotopic (exact) mass is 401 g/mol. The van der Waals surface area contributed by atoms with E-state index in [1.54, 1.807) is 12.3 Å². The average Bonchev–Trinajstić information content (AvgIpc) is 3.30. The first-order valence-corrected chi connectivity index (χ1v) is 9.95. The molecule has 0 aliphatic rings. The molecule has 6 nitrogen and oxygen atoms in total. The predicted octanol–water partition coefficient (Wildman–Crippen LogP) is 3.64. The van der Waals surface area contributed by atoms with Crippen LogP contribution < -0.4 is 10.9 Å². The van der Waals surface area contributed by atoms with E-state index in [1.807, 2.05) is 55.5 Å². The van der Waals surface area contributed by atoms with Crippen LogP contribution in [0.2, 0.25) is 0 Å². The molecule has 6 heteroatoms. The lowest BCUT2D eigenvalue weighted by Gasteiger charge is -2.16. The lowest BCUT2D eigenvalue weighted by atomic mass is 9.93. The highest BCUT2D eigenvalue weighted by atomic mass is 16.3. The topological polar surface area (TPSA) is 77.1 Å². The van der Waals surface area contributed by atoms with Crippen molar-refractivity contribution in [2.45, 2.75) is 25.8 Å². The number of benzene rings is 2. The second-order valence-corrected chi connectivity index (χ2v) is 7.21. The third-order valence-corrected chi connectivity index (χ3v) is 5.19. The molecule has 152 valence electrons. The summed E-state index contributed by atoms with van der Waals surface area (Å²) in [5.74, 6) is 0.661. The van der Waals surface area contributed by atoms with Crippen LogP contribution in [0.1, 0.15) is 29.4 Å². The van der Waals surface area contributed by atoms with Crippen LogP contribution in [0, 0.1) is 6.92 Å². The molecule has 0 unspecified atom stereocenters. The van der Waals surface area contributed by atoms with Gasteiger partial charge in [0.25, 0.3) is 5.56 Å². The first-order chi connectivity index (χ1) is 14.6. The number of hydrogen-bond acceptors (Lipinski definition) is 4. The van der Waals surface area contributed by atoms with Gasteiger partial charge < -0.3 is 9.73 Å². The van der Waals surface area contributed by atoms with Crippen LogP contribution in [0.15, 0.2) is 82.2 Å². The third-order valence-electron chi connectivity index (χ3n) is 5.19. The average molecular weight is 401 g/mol. The van der Waals surface area contributed by atoms with E-state index in [9.17, 15) is 9.59 Å². The Hall–Kier alpha value is -3.67. The normalized spacial score (nSPS) is 12.0. The van der Waals surface area contributed by atoms with Gasteiger partial charge in [-0.1, -0.05) is 48.5 Å². The summed E-state index contributed by atoms with van der Waals surface area (Å²) in [6.45, 7) is 2.19. The number of nitrogens with zero attached hydrogens (tertiary/aromatic N) is 2. The fourth-order valence-corrected chi connectivity index (χ4v) is 3.71. The van der Waals surface area contributed by atoms with Gasteiger partial charge in [-0.25, -0.2) is 4.68 Å². The molecule has 2 aromatic carbocycles.